The van der Waals surface area contributed by atoms with Gasteiger partial charge in [0.15, 0.2) is 0 Å². The van der Waals surface area contributed by atoms with Gasteiger partial charge in [-0.15, -0.1) is 0 Å². The Bertz CT molecular complexity index is 349. The lowest BCUT2D eigenvalue weighted by Crippen LogP contribution is -2.45. The molecule has 18 heavy (non-hydrogen) atoms. The van der Waals surface area contributed by atoms with Gasteiger partial charge in [0.2, 0.25) is 0 Å². The standard InChI is InChI=1S/C14H21FN2O/c15-13-5-3-12(4-6-13)14(2-1-11-18)17-9-7-16-8-10-17/h3-6,14,16,18H,1-2,7-11H2/t14-/m1/s1. The second-order valence-corrected chi connectivity index (χ2v) is 4.72. The van der Waals surface area contributed by atoms with E-state index in [0.717, 1.165) is 44.6 Å². The summed E-state index contributed by atoms with van der Waals surface area (Å²) in [5.41, 5.74) is 1.15. The fourth-order valence-corrected chi connectivity index (χ4v) is 2.52. The zero-order chi connectivity index (χ0) is 12.8. The van der Waals surface area contributed by atoms with Crippen LogP contribution in [0.15, 0.2) is 24.3 Å². The maximum Gasteiger partial charge on any atom is 0.123 e. The second-order valence-electron chi connectivity index (χ2n) is 4.72. The highest BCUT2D eigenvalue weighted by atomic mass is 19.1. The van der Waals surface area contributed by atoms with Gasteiger partial charge in [-0.1, -0.05) is 12.1 Å². The van der Waals surface area contributed by atoms with E-state index < -0.39 is 0 Å². The van der Waals surface area contributed by atoms with Crippen molar-refractivity contribution >= 4 is 0 Å². The molecular formula is C14H21FN2O. The zero-order valence-electron chi connectivity index (χ0n) is 10.6. The van der Waals surface area contributed by atoms with Gasteiger partial charge in [0.25, 0.3) is 0 Å². The van der Waals surface area contributed by atoms with Gasteiger partial charge in [-0.25, -0.2) is 4.39 Å². The normalized spacial score (nSPS) is 18.8. The molecule has 0 unspecified atom stereocenters. The fourth-order valence-electron chi connectivity index (χ4n) is 2.52. The number of piperazine rings is 1. The lowest BCUT2D eigenvalue weighted by Gasteiger charge is -2.35. The van der Waals surface area contributed by atoms with Crippen LogP contribution in [0, 0.1) is 5.82 Å². The summed E-state index contributed by atoms with van der Waals surface area (Å²) in [4.78, 5) is 2.42. The van der Waals surface area contributed by atoms with Gasteiger partial charge in [0.1, 0.15) is 5.82 Å². The number of aliphatic hydroxyl groups excluding tert-OH is 1. The number of hydrogen-bond acceptors (Lipinski definition) is 3. The highest BCUT2D eigenvalue weighted by Crippen LogP contribution is 2.26. The van der Waals surface area contributed by atoms with Gasteiger partial charge in [-0.05, 0) is 30.5 Å². The summed E-state index contributed by atoms with van der Waals surface area (Å²) >= 11 is 0. The molecule has 0 bridgehead atoms. The third-order valence-electron chi connectivity index (χ3n) is 3.48. The van der Waals surface area contributed by atoms with Crippen molar-refractivity contribution in [3.05, 3.63) is 35.6 Å². The topological polar surface area (TPSA) is 35.5 Å². The van der Waals surface area contributed by atoms with Crippen molar-refractivity contribution in [3.63, 3.8) is 0 Å². The number of nitrogens with one attached hydrogen (secondary N) is 1. The summed E-state index contributed by atoms with van der Waals surface area (Å²) in [7, 11) is 0. The molecular weight excluding hydrogens is 231 g/mol. The summed E-state index contributed by atoms with van der Waals surface area (Å²) in [5, 5.41) is 12.3. The Morgan fingerprint density at radius 1 is 1.22 bits per heavy atom. The molecule has 1 heterocycles. The van der Waals surface area contributed by atoms with Crippen molar-refractivity contribution in [2.24, 2.45) is 0 Å². The SMILES string of the molecule is OCCC[C@H](c1ccc(F)cc1)N1CCNCC1. The number of halogens is 1. The first-order valence-corrected chi connectivity index (χ1v) is 6.62. The van der Waals surface area contributed by atoms with Gasteiger partial charge in [-0.3, -0.25) is 4.90 Å². The maximum absolute atomic E-state index is 13.0. The van der Waals surface area contributed by atoms with Crippen molar-refractivity contribution < 1.29 is 9.50 Å². The monoisotopic (exact) mass is 252 g/mol. The number of hydrogen-bond donors (Lipinski definition) is 2. The highest BCUT2D eigenvalue weighted by molar-refractivity contribution is 5.20. The van der Waals surface area contributed by atoms with Crippen molar-refractivity contribution in [1.82, 2.24) is 10.2 Å². The molecule has 0 spiro atoms. The van der Waals surface area contributed by atoms with Crippen LogP contribution in [0.1, 0.15) is 24.4 Å². The Kier molecular flexibility index (Phi) is 5.11. The van der Waals surface area contributed by atoms with Crippen LogP contribution >= 0.6 is 0 Å². The van der Waals surface area contributed by atoms with Crippen molar-refractivity contribution in [3.8, 4) is 0 Å². The molecule has 0 aromatic heterocycles. The van der Waals surface area contributed by atoms with Crippen molar-refractivity contribution in [2.45, 2.75) is 18.9 Å². The fraction of sp³-hybridized carbons (Fsp3) is 0.571. The summed E-state index contributed by atoms with van der Waals surface area (Å²) < 4.78 is 13.0. The van der Waals surface area contributed by atoms with Gasteiger partial charge in [-0.2, -0.15) is 0 Å². The van der Waals surface area contributed by atoms with Gasteiger partial charge in [0, 0.05) is 38.8 Å². The molecule has 0 radical (unpaired) electrons. The predicted octanol–water partition coefficient (Wildman–Crippen LogP) is 1.54. The van der Waals surface area contributed by atoms with E-state index in [-0.39, 0.29) is 12.4 Å². The molecule has 1 fully saturated rings. The van der Waals surface area contributed by atoms with E-state index >= 15 is 0 Å². The third-order valence-corrected chi connectivity index (χ3v) is 3.48. The molecule has 1 atom stereocenters. The van der Waals surface area contributed by atoms with Crippen LogP contribution in [0.4, 0.5) is 4.39 Å². The summed E-state index contributed by atoms with van der Waals surface area (Å²) in [6.07, 6.45) is 1.70. The molecule has 0 amide bonds. The van der Waals surface area contributed by atoms with Crippen LogP contribution in [0.25, 0.3) is 0 Å². The molecule has 2 N–H and O–H groups in total. The van der Waals surface area contributed by atoms with Crippen LogP contribution in [-0.2, 0) is 0 Å². The van der Waals surface area contributed by atoms with E-state index in [0.29, 0.717) is 6.04 Å². The Morgan fingerprint density at radius 2 is 1.89 bits per heavy atom. The molecule has 2 rings (SSSR count). The molecule has 1 saturated heterocycles. The molecule has 100 valence electrons. The van der Waals surface area contributed by atoms with Crippen molar-refractivity contribution in [2.75, 3.05) is 32.8 Å². The Balaban J connectivity index is 2.10. The average molecular weight is 252 g/mol. The minimum Gasteiger partial charge on any atom is -0.396 e. The summed E-state index contributed by atoms with van der Waals surface area (Å²) in [5.74, 6) is -0.194. The smallest absolute Gasteiger partial charge is 0.123 e. The minimum absolute atomic E-state index is 0.194. The molecule has 1 aromatic carbocycles. The molecule has 1 aromatic rings. The maximum atomic E-state index is 13.0. The number of aliphatic hydroxyl groups is 1. The Labute approximate surface area is 108 Å². The van der Waals surface area contributed by atoms with E-state index in [1.807, 2.05) is 12.1 Å². The molecule has 4 heteroatoms. The van der Waals surface area contributed by atoms with Gasteiger partial charge < -0.3 is 10.4 Å². The van der Waals surface area contributed by atoms with Gasteiger partial charge >= 0.3 is 0 Å². The predicted molar refractivity (Wildman–Crippen MR) is 69.9 cm³/mol. The van der Waals surface area contributed by atoms with Crippen LogP contribution in [-0.4, -0.2) is 42.8 Å². The average Bonchev–Trinajstić information content (AvgIpc) is 2.42. The van der Waals surface area contributed by atoms with Crippen LogP contribution in [0.2, 0.25) is 0 Å². The quantitative estimate of drug-likeness (QED) is 0.834. The Hall–Kier alpha value is -0.970. The van der Waals surface area contributed by atoms with Gasteiger partial charge in [0.05, 0.1) is 0 Å². The zero-order valence-corrected chi connectivity index (χ0v) is 10.6. The first kappa shape index (κ1) is 13.5. The van der Waals surface area contributed by atoms with Crippen LogP contribution in [0.3, 0.4) is 0 Å². The van der Waals surface area contributed by atoms with E-state index in [4.69, 9.17) is 5.11 Å². The molecule has 1 aliphatic heterocycles. The van der Waals surface area contributed by atoms with E-state index in [2.05, 4.69) is 10.2 Å². The Morgan fingerprint density at radius 3 is 2.50 bits per heavy atom. The molecule has 1 aliphatic rings. The molecule has 0 aliphatic carbocycles. The lowest BCUT2D eigenvalue weighted by atomic mass is 9.99. The van der Waals surface area contributed by atoms with Crippen molar-refractivity contribution in [1.29, 1.82) is 0 Å². The summed E-state index contributed by atoms with van der Waals surface area (Å²) in [6.45, 7) is 4.22. The molecule has 3 nitrogen and oxygen atoms in total. The highest BCUT2D eigenvalue weighted by Gasteiger charge is 2.21. The lowest BCUT2D eigenvalue weighted by molar-refractivity contribution is 0.154. The van der Waals surface area contributed by atoms with Crippen LogP contribution in [0.5, 0.6) is 0 Å². The number of nitrogens with zero attached hydrogens (tertiary/aromatic N) is 1. The van der Waals surface area contributed by atoms with E-state index in [9.17, 15) is 4.39 Å². The first-order valence-electron chi connectivity index (χ1n) is 6.62. The van der Waals surface area contributed by atoms with E-state index in [1.54, 1.807) is 0 Å². The molecule has 0 saturated carbocycles. The number of rotatable bonds is 5. The first-order chi connectivity index (χ1) is 8.81. The largest absolute Gasteiger partial charge is 0.396 e. The van der Waals surface area contributed by atoms with Crippen LogP contribution < -0.4 is 5.32 Å². The minimum atomic E-state index is -0.194. The summed E-state index contributed by atoms with van der Waals surface area (Å²) in [6, 6.07) is 7.05. The van der Waals surface area contributed by atoms with E-state index in [1.165, 1.54) is 12.1 Å². The second kappa shape index (κ2) is 6.83. The third kappa shape index (κ3) is 3.51. The number of benzene rings is 1.